The number of pyridine rings is 1. The number of anilines is 1. The lowest BCUT2D eigenvalue weighted by atomic mass is 10.0. The lowest BCUT2D eigenvalue weighted by molar-refractivity contribution is 0.0983. The molecule has 0 radical (unpaired) electrons. The zero-order chi connectivity index (χ0) is 24.9. The number of benzene rings is 1. The summed E-state index contributed by atoms with van der Waals surface area (Å²) in [4.78, 5) is 18.9. The number of sulfonamides is 1. The number of rotatable bonds is 5. The molecule has 0 saturated carbocycles. The lowest BCUT2D eigenvalue weighted by Gasteiger charge is -2.27. The van der Waals surface area contributed by atoms with Crippen LogP contribution in [0.1, 0.15) is 40.6 Å². The van der Waals surface area contributed by atoms with E-state index in [-0.39, 0.29) is 22.2 Å². The molecule has 182 valence electrons. The van der Waals surface area contributed by atoms with Crippen molar-refractivity contribution in [2.24, 2.45) is 7.05 Å². The Morgan fingerprint density at radius 3 is 2.71 bits per heavy atom. The van der Waals surface area contributed by atoms with Crippen LogP contribution in [0.5, 0.6) is 0 Å². The van der Waals surface area contributed by atoms with Crippen molar-refractivity contribution in [1.29, 1.82) is 0 Å². The number of carbonyl (C=O) groups excluding carboxylic acids is 1. The van der Waals surface area contributed by atoms with Crippen molar-refractivity contribution in [1.82, 2.24) is 23.9 Å². The molecular weight excluding hydrogens is 478 g/mol. The van der Waals surface area contributed by atoms with Crippen LogP contribution < -0.4 is 9.62 Å². The standard InChI is InChI=1S/C23H22F2N6O3S/c1-14-26-13-22(29(14)2)35(33,34)28-23(32)18-12-27-31-9-7-16(11-21(18)31)30-8-3-4-20(30)17-10-15(24)5-6-19(17)25/h5-7,9-13,20H,3-4,8H2,1-2H3,(H,28,32). The van der Waals surface area contributed by atoms with E-state index in [4.69, 9.17) is 0 Å². The molecule has 1 atom stereocenters. The monoisotopic (exact) mass is 500 g/mol. The first-order valence-corrected chi connectivity index (χ1v) is 12.4. The third kappa shape index (κ3) is 4.03. The molecule has 1 amide bonds. The van der Waals surface area contributed by atoms with Gasteiger partial charge in [0.1, 0.15) is 17.5 Å². The van der Waals surface area contributed by atoms with Gasteiger partial charge in [-0.25, -0.2) is 23.0 Å². The minimum Gasteiger partial charge on any atom is -0.364 e. The van der Waals surface area contributed by atoms with Crippen molar-refractivity contribution >= 4 is 27.1 Å². The fourth-order valence-electron chi connectivity index (χ4n) is 4.45. The summed E-state index contributed by atoms with van der Waals surface area (Å²) in [5.41, 5.74) is 1.39. The predicted octanol–water partition coefficient (Wildman–Crippen LogP) is 3.11. The maximum Gasteiger partial charge on any atom is 0.281 e. The highest BCUT2D eigenvalue weighted by molar-refractivity contribution is 7.90. The van der Waals surface area contributed by atoms with Crippen LogP contribution in [0, 0.1) is 18.6 Å². The topological polar surface area (TPSA) is 102 Å². The highest BCUT2D eigenvalue weighted by Gasteiger charge is 2.30. The molecule has 1 aliphatic heterocycles. The number of imidazole rings is 1. The fourth-order valence-corrected chi connectivity index (χ4v) is 5.60. The number of halogens is 2. The largest absolute Gasteiger partial charge is 0.364 e. The summed E-state index contributed by atoms with van der Waals surface area (Å²) in [7, 11) is -2.63. The van der Waals surface area contributed by atoms with Gasteiger partial charge in [-0.2, -0.15) is 13.5 Å². The van der Waals surface area contributed by atoms with Crippen molar-refractivity contribution < 1.29 is 22.0 Å². The van der Waals surface area contributed by atoms with Gasteiger partial charge in [-0.15, -0.1) is 0 Å². The molecule has 3 aromatic heterocycles. The molecule has 4 aromatic rings. The number of hydrogen-bond donors (Lipinski definition) is 1. The Bertz CT molecular complexity index is 1560. The van der Waals surface area contributed by atoms with Gasteiger partial charge in [-0.05, 0) is 50.1 Å². The van der Waals surface area contributed by atoms with Crippen LogP contribution in [-0.4, -0.2) is 40.0 Å². The van der Waals surface area contributed by atoms with Crippen molar-refractivity contribution in [3.8, 4) is 0 Å². The summed E-state index contributed by atoms with van der Waals surface area (Å²) in [6, 6.07) is 6.50. The van der Waals surface area contributed by atoms with Crippen molar-refractivity contribution in [3.05, 3.63) is 77.5 Å². The second-order valence-corrected chi connectivity index (χ2v) is 10.1. The Kier molecular flexibility index (Phi) is 5.55. The molecule has 1 unspecified atom stereocenters. The van der Waals surface area contributed by atoms with Gasteiger partial charge in [0.25, 0.3) is 15.9 Å². The zero-order valence-electron chi connectivity index (χ0n) is 18.9. The maximum absolute atomic E-state index is 14.5. The van der Waals surface area contributed by atoms with Gasteiger partial charge in [0.05, 0.1) is 29.5 Å². The Labute approximate surface area is 200 Å². The van der Waals surface area contributed by atoms with Crippen LogP contribution in [-0.2, 0) is 17.1 Å². The third-order valence-electron chi connectivity index (χ3n) is 6.33. The average Bonchev–Trinajstić information content (AvgIpc) is 3.54. The molecule has 9 nitrogen and oxygen atoms in total. The number of nitrogens with zero attached hydrogens (tertiary/aromatic N) is 5. The Balaban J connectivity index is 1.47. The van der Waals surface area contributed by atoms with Gasteiger partial charge in [0, 0.05) is 31.0 Å². The molecule has 1 aliphatic rings. The van der Waals surface area contributed by atoms with E-state index in [1.165, 1.54) is 34.6 Å². The molecule has 0 aliphatic carbocycles. The highest BCUT2D eigenvalue weighted by atomic mass is 32.2. The van der Waals surface area contributed by atoms with Crippen molar-refractivity contribution in [2.45, 2.75) is 30.8 Å². The molecule has 0 spiro atoms. The number of nitrogens with one attached hydrogen (secondary N) is 1. The zero-order valence-corrected chi connectivity index (χ0v) is 19.8. The molecule has 4 heterocycles. The first-order chi connectivity index (χ1) is 16.7. The number of carbonyl (C=O) groups is 1. The average molecular weight is 501 g/mol. The van der Waals surface area contributed by atoms with E-state index in [0.717, 1.165) is 18.6 Å². The predicted molar refractivity (Wildman–Crippen MR) is 123 cm³/mol. The van der Waals surface area contributed by atoms with Crippen molar-refractivity contribution in [2.75, 3.05) is 11.4 Å². The van der Waals surface area contributed by atoms with E-state index < -0.39 is 27.6 Å². The van der Waals surface area contributed by atoms with Crippen LogP contribution in [0.25, 0.3) is 5.52 Å². The van der Waals surface area contributed by atoms with Gasteiger partial charge in [-0.3, -0.25) is 4.79 Å². The Morgan fingerprint density at radius 2 is 1.97 bits per heavy atom. The minimum atomic E-state index is -4.17. The summed E-state index contributed by atoms with van der Waals surface area (Å²) < 4.78 is 58.7. The normalized spacial score (nSPS) is 16.2. The van der Waals surface area contributed by atoms with Gasteiger partial charge < -0.3 is 9.47 Å². The molecular formula is C23H22F2N6O3S. The summed E-state index contributed by atoms with van der Waals surface area (Å²) in [6.45, 7) is 2.26. The lowest BCUT2D eigenvalue weighted by Crippen LogP contribution is -2.31. The molecule has 1 saturated heterocycles. The smallest absolute Gasteiger partial charge is 0.281 e. The highest BCUT2D eigenvalue weighted by Crippen LogP contribution is 2.38. The number of hydrogen-bond acceptors (Lipinski definition) is 6. The Hall–Kier alpha value is -3.80. The summed E-state index contributed by atoms with van der Waals surface area (Å²) >= 11 is 0. The number of aromatic nitrogens is 4. The quantitative estimate of drug-likeness (QED) is 0.452. The molecule has 1 aromatic carbocycles. The SMILES string of the molecule is Cc1ncc(S(=O)(=O)NC(=O)c2cnn3ccc(N4CCCC4c4cc(F)ccc4F)cc23)n1C. The minimum absolute atomic E-state index is 0.0574. The van der Waals surface area contributed by atoms with E-state index in [0.29, 0.717) is 30.0 Å². The van der Waals surface area contributed by atoms with Crippen LogP contribution in [0.4, 0.5) is 14.5 Å². The van der Waals surface area contributed by atoms with Gasteiger partial charge in [-0.1, -0.05) is 0 Å². The third-order valence-corrected chi connectivity index (χ3v) is 7.72. The second kappa shape index (κ2) is 8.45. The van der Waals surface area contributed by atoms with Crippen molar-refractivity contribution in [3.63, 3.8) is 0 Å². The Morgan fingerprint density at radius 1 is 1.17 bits per heavy atom. The molecule has 5 rings (SSSR count). The first kappa shape index (κ1) is 23.0. The van der Waals surface area contributed by atoms with Gasteiger partial charge in [0.2, 0.25) is 0 Å². The summed E-state index contributed by atoms with van der Waals surface area (Å²) in [5.74, 6) is -1.36. The van der Waals surface area contributed by atoms with Crippen LogP contribution in [0.15, 0.2) is 53.9 Å². The van der Waals surface area contributed by atoms with Crippen LogP contribution in [0.2, 0.25) is 0 Å². The van der Waals surface area contributed by atoms with Crippen LogP contribution >= 0.6 is 0 Å². The van der Waals surface area contributed by atoms with Gasteiger partial charge >= 0.3 is 0 Å². The molecule has 35 heavy (non-hydrogen) atoms. The molecule has 1 fully saturated rings. The number of aryl methyl sites for hydroxylation is 1. The number of fused-ring (bicyclic) bond motifs is 1. The molecule has 12 heteroatoms. The van der Waals surface area contributed by atoms with Crippen LogP contribution in [0.3, 0.4) is 0 Å². The maximum atomic E-state index is 14.5. The molecule has 0 bridgehead atoms. The second-order valence-electron chi connectivity index (χ2n) is 8.43. The number of amides is 1. The molecule has 1 N–H and O–H groups in total. The summed E-state index contributed by atoms with van der Waals surface area (Å²) in [6.07, 6.45) is 5.52. The van der Waals surface area contributed by atoms with E-state index in [2.05, 4.69) is 14.8 Å². The van der Waals surface area contributed by atoms with E-state index in [1.54, 1.807) is 25.3 Å². The fraction of sp³-hybridized carbons (Fsp3) is 0.261. The van der Waals surface area contributed by atoms with E-state index in [9.17, 15) is 22.0 Å². The first-order valence-electron chi connectivity index (χ1n) is 10.9. The van der Waals surface area contributed by atoms with E-state index in [1.807, 2.05) is 4.90 Å². The van der Waals surface area contributed by atoms with Gasteiger partial charge in [0.15, 0.2) is 5.03 Å². The van der Waals surface area contributed by atoms with E-state index >= 15 is 0 Å². The summed E-state index contributed by atoms with van der Waals surface area (Å²) in [5, 5.41) is 4.01.